The molecule has 176 valence electrons. The largest absolute Gasteiger partial charge is 0.322 e. The summed E-state index contributed by atoms with van der Waals surface area (Å²) in [5, 5.41) is 6.88. The Labute approximate surface area is 204 Å². The Morgan fingerprint density at radius 1 is 0.912 bits per heavy atom. The lowest BCUT2D eigenvalue weighted by atomic mass is 9.49. The molecule has 0 aliphatic heterocycles. The van der Waals surface area contributed by atoms with Crippen LogP contribution in [0.5, 0.6) is 0 Å². The number of rotatable bonds is 4. The number of hydrogen-bond donors (Lipinski definition) is 2. The predicted molar refractivity (Wildman–Crippen MR) is 137 cm³/mol. The first kappa shape index (κ1) is 21.8. The van der Waals surface area contributed by atoms with E-state index in [1.165, 1.54) is 36.2 Å². The number of nitrogens with one attached hydrogen (secondary N) is 2. The molecule has 0 radical (unpaired) electrons. The molecule has 4 aliphatic rings. The minimum atomic E-state index is -0.193. The summed E-state index contributed by atoms with van der Waals surface area (Å²) in [7, 11) is 0. The van der Waals surface area contributed by atoms with Crippen molar-refractivity contribution in [3.63, 3.8) is 0 Å². The molecule has 3 aromatic rings. The summed E-state index contributed by atoms with van der Waals surface area (Å²) in [6.45, 7) is 6.09. The van der Waals surface area contributed by atoms with Crippen molar-refractivity contribution in [1.29, 1.82) is 0 Å². The normalized spacial score (nSPS) is 27.2. The van der Waals surface area contributed by atoms with Crippen molar-refractivity contribution < 1.29 is 9.59 Å². The van der Waals surface area contributed by atoms with Gasteiger partial charge in [-0.2, -0.15) is 0 Å². The Morgan fingerprint density at radius 3 is 2.15 bits per heavy atom. The van der Waals surface area contributed by atoms with Crippen molar-refractivity contribution in [2.75, 3.05) is 10.6 Å². The maximum absolute atomic E-state index is 13.4. The number of fused-ring (bicyclic) bond motifs is 1. The first-order valence-electron chi connectivity index (χ1n) is 12.4. The molecule has 1 aromatic heterocycles. The van der Waals surface area contributed by atoms with Crippen molar-refractivity contribution in [2.24, 2.45) is 23.2 Å². The summed E-state index contributed by atoms with van der Waals surface area (Å²) in [6.07, 6.45) is 7.08. The molecule has 0 saturated heterocycles. The lowest BCUT2D eigenvalue weighted by molar-refractivity contribution is -0.140. The van der Waals surface area contributed by atoms with E-state index in [9.17, 15) is 9.59 Å². The van der Waals surface area contributed by atoms with Gasteiger partial charge in [0.15, 0.2) is 5.13 Å². The Kier molecular flexibility index (Phi) is 5.07. The fraction of sp³-hybridized carbons (Fsp3) is 0.464. The van der Waals surface area contributed by atoms with Gasteiger partial charge in [0.25, 0.3) is 5.91 Å². The Morgan fingerprint density at radius 2 is 1.53 bits per heavy atom. The second-order valence-electron chi connectivity index (χ2n) is 11.1. The third kappa shape index (κ3) is 3.72. The van der Waals surface area contributed by atoms with Gasteiger partial charge in [0.2, 0.25) is 5.91 Å². The van der Waals surface area contributed by atoms with Crippen LogP contribution in [0.1, 0.15) is 65.6 Å². The SMILES string of the molecule is Cc1cc(C)c(NC(=O)c2ccc3nc(NC(=O)C45CC6CC(CC(C6)C4)C5)sc3c2)c(C)c1. The lowest BCUT2D eigenvalue weighted by Crippen LogP contribution is -2.51. The van der Waals surface area contributed by atoms with Gasteiger partial charge in [-0.05, 0) is 106 Å². The van der Waals surface area contributed by atoms with Gasteiger partial charge in [0, 0.05) is 11.3 Å². The van der Waals surface area contributed by atoms with E-state index in [0.717, 1.165) is 64.0 Å². The number of carbonyl (C=O) groups excluding carboxylic acids is 2. The van der Waals surface area contributed by atoms with E-state index in [2.05, 4.69) is 34.7 Å². The summed E-state index contributed by atoms with van der Waals surface area (Å²) in [6, 6.07) is 9.71. The summed E-state index contributed by atoms with van der Waals surface area (Å²) in [5.74, 6) is 2.22. The quantitative estimate of drug-likeness (QED) is 0.447. The Balaban J connectivity index is 1.20. The van der Waals surface area contributed by atoms with Crippen LogP contribution in [0, 0.1) is 43.9 Å². The summed E-state index contributed by atoms with van der Waals surface area (Å²) in [4.78, 5) is 31.1. The zero-order valence-electron chi connectivity index (χ0n) is 20.0. The first-order valence-corrected chi connectivity index (χ1v) is 13.2. The molecule has 5 nitrogen and oxygen atoms in total. The van der Waals surface area contributed by atoms with Crippen LogP contribution in [-0.2, 0) is 4.79 Å². The highest BCUT2D eigenvalue weighted by Gasteiger charge is 2.54. The monoisotopic (exact) mass is 473 g/mol. The van der Waals surface area contributed by atoms with Crippen molar-refractivity contribution in [1.82, 2.24) is 4.98 Å². The molecule has 4 saturated carbocycles. The molecule has 1 heterocycles. The number of hydrogen-bond acceptors (Lipinski definition) is 4. The highest BCUT2D eigenvalue weighted by Crippen LogP contribution is 2.60. The van der Waals surface area contributed by atoms with E-state index in [4.69, 9.17) is 0 Å². The second kappa shape index (κ2) is 7.91. The topological polar surface area (TPSA) is 71.1 Å². The van der Waals surface area contributed by atoms with E-state index < -0.39 is 0 Å². The predicted octanol–water partition coefficient (Wildman–Crippen LogP) is 6.63. The molecular weight excluding hydrogens is 442 g/mol. The molecule has 2 aromatic carbocycles. The van der Waals surface area contributed by atoms with Crippen LogP contribution in [0.2, 0.25) is 0 Å². The van der Waals surface area contributed by atoms with E-state index in [1.807, 2.05) is 26.0 Å². The van der Waals surface area contributed by atoms with Gasteiger partial charge in [-0.3, -0.25) is 9.59 Å². The third-order valence-corrected chi connectivity index (χ3v) is 9.24. The zero-order valence-corrected chi connectivity index (χ0v) is 20.8. The number of amides is 2. The van der Waals surface area contributed by atoms with E-state index in [-0.39, 0.29) is 17.2 Å². The molecule has 4 bridgehead atoms. The van der Waals surface area contributed by atoms with Crippen LogP contribution in [0.4, 0.5) is 10.8 Å². The molecule has 2 amide bonds. The molecule has 2 N–H and O–H groups in total. The van der Waals surface area contributed by atoms with Gasteiger partial charge in [-0.1, -0.05) is 29.0 Å². The minimum Gasteiger partial charge on any atom is -0.322 e. The smallest absolute Gasteiger partial charge is 0.255 e. The zero-order chi connectivity index (χ0) is 23.6. The number of thiazole rings is 1. The molecule has 0 unspecified atom stereocenters. The number of anilines is 2. The summed E-state index contributed by atoms with van der Waals surface area (Å²) in [5.41, 5.74) is 5.37. The number of aromatic nitrogens is 1. The van der Waals surface area contributed by atoms with Gasteiger partial charge in [-0.15, -0.1) is 0 Å². The van der Waals surface area contributed by atoms with E-state index in [1.54, 1.807) is 6.07 Å². The molecule has 0 atom stereocenters. The molecule has 4 aliphatic carbocycles. The summed E-state index contributed by atoms with van der Waals surface area (Å²) < 4.78 is 0.908. The molecule has 6 heteroatoms. The average Bonchev–Trinajstić information content (AvgIpc) is 3.16. The van der Waals surface area contributed by atoms with Gasteiger partial charge >= 0.3 is 0 Å². The lowest BCUT2D eigenvalue weighted by Gasteiger charge is -2.55. The standard InChI is InChI=1S/C28H31N3O2S/c1-15-6-16(2)24(17(3)7-15)30-25(32)21-4-5-22-23(11-21)34-27(29-22)31-26(33)28-12-18-8-19(13-28)10-20(9-18)14-28/h4-7,11,18-20H,8-10,12-14H2,1-3H3,(H,30,32)(H,29,31,33). The average molecular weight is 474 g/mol. The Hall–Kier alpha value is -2.73. The number of aryl methyl sites for hydroxylation is 3. The van der Waals surface area contributed by atoms with Crippen LogP contribution in [0.3, 0.4) is 0 Å². The highest BCUT2D eigenvalue weighted by molar-refractivity contribution is 7.22. The maximum Gasteiger partial charge on any atom is 0.255 e. The van der Waals surface area contributed by atoms with E-state index >= 15 is 0 Å². The van der Waals surface area contributed by atoms with Gasteiger partial charge in [-0.25, -0.2) is 4.98 Å². The Bertz CT molecular complexity index is 1270. The number of nitrogens with zero attached hydrogens (tertiary/aromatic N) is 1. The number of benzene rings is 2. The van der Waals surface area contributed by atoms with Crippen molar-refractivity contribution in [3.8, 4) is 0 Å². The van der Waals surface area contributed by atoms with Crippen molar-refractivity contribution in [2.45, 2.75) is 59.3 Å². The molecule has 34 heavy (non-hydrogen) atoms. The van der Waals surface area contributed by atoms with Crippen molar-refractivity contribution in [3.05, 3.63) is 52.6 Å². The second-order valence-corrected chi connectivity index (χ2v) is 12.1. The first-order chi connectivity index (χ1) is 16.3. The minimum absolute atomic E-state index is 0.135. The van der Waals surface area contributed by atoms with Crippen LogP contribution in [0.25, 0.3) is 10.2 Å². The molecule has 0 spiro atoms. The van der Waals surface area contributed by atoms with Gasteiger partial charge in [0.1, 0.15) is 0 Å². The maximum atomic E-state index is 13.4. The van der Waals surface area contributed by atoms with Crippen molar-refractivity contribution >= 4 is 44.2 Å². The van der Waals surface area contributed by atoms with Crippen LogP contribution in [0.15, 0.2) is 30.3 Å². The number of carbonyl (C=O) groups is 2. The third-order valence-electron chi connectivity index (χ3n) is 8.31. The molecule has 7 rings (SSSR count). The highest BCUT2D eigenvalue weighted by atomic mass is 32.1. The fourth-order valence-corrected chi connectivity index (χ4v) is 8.20. The molecule has 4 fully saturated rings. The van der Waals surface area contributed by atoms with E-state index in [0.29, 0.717) is 10.7 Å². The van der Waals surface area contributed by atoms with Gasteiger partial charge in [0.05, 0.1) is 15.6 Å². The fourth-order valence-electron chi connectivity index (χ4n) is 7.30. The molecular formula is C28H31N3O2S. The summed E-state index contributed by atoms with van der Waals surface area (Å²) >= 11 is 1.45. The van der Waals surface area contributed by atoms with Gasteiger partial charge < -0.3 is 10.6 Å². The van der Waals surface area contributed by atoms with Crippen LogP contribution < -0.4 is 10.6 Å². The van der Waals surface area contributed by atoms with Crippen LogP contribution in [-0.4, -0.2) is 16.8 Å². The van der Waals surface area contributed by atoms with Crippen LogP contribution >= 0.6 is 11.3 Å².